The lowest BCUT2D eigenvalue weighted by Crippen LogP contribution is -2.46. The summed E-state index contributed by atoms with van der Waals surface area (Å²) < 4.78 is 5.45. The summed E-state index contributed by atoms with van der Waals surface area (Å²) >= 11 is 0. The van der Waals surface area contributed by atoms with Crippen LogP contribution in [0.5, 0.6) is 5.75 Å². The van der Waals surface area contributed by atoms with Gasteiger partial charge in [0, 0.05) is 19.2 Å². The number of nitro groups is 1. The molecule has 1 aromatic carbocycles. The molecule has 2 atom stereocenters. The zero-order valence-corrected chi connectivity index (χ0v) is 13.1. The summed E-state index contributed by atoms with van der Waals surface area (Å²) in [7, 11) is 0. The van der Waals surface area contributed by atoms with Crippen molar-refractivity contribution in [1.82, 2.24) is 4.90 Å². The van der Waals surface area contributed by atoms with E-state index in [0.717, 1.165) is 25.4 Å². The Balaban J connectivity index is 1.53. The highest BCUT2D eigenvalue weighted by atomic mass is 16.6. The molecule has 3 rings (SSSR count). The number of piperidine rings is 1. The van der Waals surface area contributed by atoms with Gasteiger partial charge in [-0.3, -0.25) is 14.9 Å². The Morgan fingerprint density at radius 1 is 1.26 bits per heavy atom. The van der Waals surface area contributed by atoms with Crippen LogP contribution < -0.4 is 4.74 Å². The number of non-ortho nitro benzene ring substituents is 1. The zero-order valence-electron chi connectivity index (χ0n) is 13.1. The molecular weight excluding hydrogens is 296 g/mol. The topological polar surface area (TPSA) is 72.7 Å². The van der Waals surface area contributed by atoms with Crippen molar-refractivity contribution in [2.45, 2.75) is 32.1 Å². The number of hydrogen-bond acceptors (Lipinski definition) is 4. The Morgan fingerprint density at radius 2 is 2.04 bits per heavy atom. The molecule has 124 valence electrons. The van der Waals surface area contributed by atoms with Crippen LogP contribution in [0, 0.1) is 22.0 Å². The molecule has 1 aliphatic heterocycles. The molecule has 2 aliphatic rings. The molecule has 0 N–H and O–H groups in total. The first-order chi connectivity index (χ1) is 11.1. The highest BCUT2D eigenvalue weighted by Crippen LogP contribution is 2.36. The fourth-order valence-corrected chi connectivity index (χ4v) is 3.75. The van der Waals surface area contributed by atoms with Crippen molar-refractivity contribution in [3.8, 4) is 5.75 Å². The van der Waals surface area contributed by atoms with Gasteiger partial charge >= 0.3 is 0 Å². The monoisotopic (exact) mass is 318 g/mol. The number of carbonyl (C=O) groups excluding carboxylic acids is 1. The van der Waals surface area contributed by atoms with Crippen LogP contribution >= 0.6 is 0 Å². The molecule has 1 aromatic rings. The second-order valence-corrected chi connectivity index (χ2v) is 6.48. The fraction of sp³-hybridized carbons (Fsp3) is 0.588. The number of likely N-dealkylation sites (tertiary alicyclic amines) is 1. The number of amides is 1. The molecule has 0 spiro atoms. The van der Waals surface area contributed by atoms with Crippen molar-refractivity contribution >= 4 is 11.6 Å². The fourth-order valence-electron chi connectivity index (χ4n) is 3.75. The molecule has 6 nitrogen and oxygen atoms in total. The van der Waals surface area contributed by atoms with Crippen molar-refractivity contribution in [3.63, 3.8) is 0 Å². The van der Waals surface area contributed by atoms with Gasteiger partial charge < -0.3 is 9.64 Å². The number of benzene rings is 1. The molecule has 0 aromatic heterocycles. The Morgan fingerprint density at radius 3 is 2.83 bits per heavy atom. The van der Waals surface area contributed by atoms with Gasteiger partial charge in [0.1, 0.15) is 5.75 Å². The van der Waals surface area contributed by atoms with Gasteiger partial charge in [-0.2, -0.15) is 0 Å². The molecule has 6 heteroatoms. The largest absolute Gasteiger partial charge is 0.484 e. The zero-order chi connectivity index (χ0) is 16.2. The number of rotatable bonds is 4. The molecule has 0 bridgehead atoms. The van der Waals surface area contributed by atoms with Gasteiger partial charge in [0.25, 0.3) is 11.6 Å². The average Bonchev–Trinajstić information content (AvgIpc) is 2.59. The van der Waals surface area contributed by atoms with Gasteiger partial charge in [0.2, 0.25) is 0 Å². The summed E-state index contributed by atoms with van der Waals surface area (Å²) in [6.07, 6.45) is 6.21. The molecule has 1 amide bonds. The minimum Gasteiger partial charge on any atom is -0.484 e. The molecule has 1 saturated heterocycles. The Bertz CT molecular complexity index is 590. The number of fused-ring (bicyclic) bond motifs is 1. The van der Waals surface area contributed by atoms with Crippen LogP contribution in [-0.2, 0) is 4.79 Å². The molecule has 1 heterocycles. The molecule has 2 fully saturated rings. The lowest BCUT2D eigenvalue weighted by atomic mass is 9.75. The summed E-state index contributed by atoms with van der Waals surface area (Å²) in [4.78, 5) is 24.5. The van der Waals surface area contributed by atoms with E-state index in [4.69, 9.17) is 4.74 Å². The van der Waals surface area contributed by atoms with E-state index in [2.05, 4.69) is 0 Å². The minimum atomic E-state index is -0.470. The van der Waals surface area contributed by atoms with E-state index < -0.39 is 4.92 Å². The van der Waals surface area contributed by atoms with Crippen LogP contribution in [0.25, 0.3) is 0 Å². The summed E-state index contributed by atoms with van der Waals surface area (Å²) in [6, 6.07) is 5.95. The lowest BCUT2D eigenvalue weighted by molar-refractivity contribution is -0.384. The normalized spacial score (nSPS) is 23.9. The maximum atomic E-state index is 12.3. The third-order valence-electron chi connectivity index (χ3n) is 5.03. The van der Waals surface area contributed by atoms with Crippen molar-refractivity contribution in [2.24, 2.45) is 11.8 Å². The number of nitrogens with zero attached hydrogens (tertiary/aromatic N) is 2. The van der Waals surface area contributed by atoms with E-state index in [0.29, 0.717) is 11.7 Å². The standard InChI is InChI=1S/C17H22N2O4/c20-17(12-23-16-7-3-6-15(10-16)19(21)22)18-9-8-13-4-1-2-5-14(13)11-18/h3,6-7,10,13-14H,1-2,4-5,8-9,11-12H2/t13-,14-/m1/s1. The average molecular weight is 318 g/mol. The van der Waals surface area contributed by atoms with E-state index in [1.165, 1.54) is 37.8 Å². The van der Waals surface area contributed by atoms with Gasteiger partial charge in [-0.25, -0.2) is 0 Å². The lowest BCUT2D eigenvalue weighted by Gasteiger charge is -2.41. The number of nitro benzene ring substituents is 1. The highest BCUT2D eigenvalue weighted by molar-refractivity contribution is 5.77. The summed E-state index contributed by atoms with van der Waals surface area (Å²) in [6.45, 7) is 1.58. The Hall–Kier alpha value is -2.11. The Labute approximate surface area is 135 Å². The van der Waals surface area contributed by atoms with E-state index >= 15 is 0 Å². The predicted molar refractivity (Wildman–Crippen MR) is 85.2 cm³/mol. The molecule has 23 heavy (non-hydrogen) atoms. The quantitative estimate of drug-likeness (QED) is 0.632. The molecule has 0 unspecified atom stereocenters. The highest BCUT2D eigenvalue weighted by Gasteiger charge is 2.32. The van der Waals surface area contributed by atoms with E-state index in [9.17, 15) is 14.9 Å². The molecule has 1 aliphatic carbocycles. The van der Waals surface area contributed by atoms with Crippen LogP contribution in [0.1, 0.15) is 32.1 Å². The number of ether oxygens (including phenoxy) is 1. The minimum absolute atomic E-state index is 0.0273. The maximum absolute atomic E-state index is 12.3. The van der Waals surface area contributed by atoms with E-state index in [-0.39, 0.29) is 18.2 Å². The maximum Gasteiger partial charge on any atom is 0.273 e. The van der Waals surface area contributed by atoms with Gasteiger partial charge in [0.15, 0.2) is 6.61 Å². The van der Waals surface area contributed by atoms with Crippen LogP contribution in [0.15, 0.2) is 24.3 Å². The van der Waals surface area contributed by atoms with Gasteiger partial charge in [-0.1, -0.05) is 25.3 Å². The van der Waals surface area contributed by atoms with Crippen LogP contribution in [-0.4, -0.2) is 35.4 Å². The first-order valence-electron chi connectivity index (χ1n) is 8.28. The summed E-state index contributed by atoms with van der Waals surface area (Å²) in [5, 5.41) is 10.7. The Kier molecular flexibility index (Phi) is 4.79. The summed E-state index contributed by atoms with van der Waals surface area (Å²) in [5.74, 6) is 1.75. The van der Waals surface area contributed by atoms with Crippen LogP contribution in [0.2, 0.25) is 0 Å². The summed E-state index contributed by atoms with van der Waals surface area (Å²) in [5.41, 5.74) is -0.0297. The number of carbonyl (C=O) groups is 1. The third-order valence-corrected chi connectivity index (χ3v) is 5.03. The predicted octanol–water partition coefficient (Wildman–Crippen LogP) is 3.01. The molecule has 1 saturated carbocycles. The second kappa shape index (κ2) is 6.98. The third kappa shape index (κ3) is 3.81. The molecule has 0 radical (unpaired) electrons. The van der Waals surface area contributed by atoms with E-state index in [1.54, 1.807) is 12.1 Å². The van der Waals surface area contributed by atoms with E-state index in [1.807, 2.05) is 4.90 Å². The van der Waals surface area contributed by atoms with Crippen molar-refractivity contribution in [3.05, 3.63) is 34.4 Å². The van der Waals surface area contributed by atoms with Crippen molar-refractivity contribution < 1.29 is 14.5 Å². The first kappa shape index (κ1) is 15.8. The van der Waals surface area contributed by atoms with Crippen molar-refractivity contribution in [2.75, 3.05) is 19.7 Å². The molecular formula is C17H22N2O4. The van der Waals surface area contributed by atoms with Crippen molar-refractivity contribution in [1.29, 1.82) is 0 Å². The van der Waals surface area contributed by atoms with Gasteiger partial charge in [-0.15, -0.1) is 0 Å². The smallest absolute Gasteiger partial charge is 0.273 e. The second-order valence-electron chi connectivity index (χ2n) is 6.48. The van der Waals surface area contributed by atoms with Gasteiger partial charge in [0.05, 0.1) is 11.0 Å². The van der Waals surface area contributed by atoms with Gasteiger partial charge in [-0.05, 0) is 30.7 Å². The van der Waals surface area contributed by atoms with Crippen LogP contribution in [0.3, 0.4) is 0 Å². The number of hydrogen-bond donors (Lipinski definition) is 0. The van der Waals surface area contributed by atoms with Crippen LogP contribution in [0.4, 0.5) is 5.69 Å². The first-order valence-corrected chi connectivity index (χ1v) is 8.28. The SMILES string of the molecule is O=C(COc1cccc([N+](=O)[O-])c1)N1CC[C@H]2CCCC[C@@H]2C1.